The van der Waals surface area contributed by atoms with Crippen LogP contribution in [0, 0.1) is 11.3 Å². The van der Waals surface area contributed by atoms with E-state index in [-0.39, 0.29) is 5.82 Å². The van der Waals surface area contributed by atoms with Crippen molar-refractivity contribution in [3.05, 3.63) is 47.2 Å². The van der Waals surface area contributed by atoms with E-state index in [9.17, 15) is 0 Å². The molecule has 0 aliphatic carbocycles. The summed E-state index contributed by atoms with van der Waals surface area (Å²) in [7, 11) is 0. The van der Waals surface area contributed by atoms with E-state index in [2.05, 4.69) is 35.1 Å². The smallest absolute Gasteiger partial charge is 0.190 e. The van der Waals surface area contributed by atoms with E-state index in [0.29, 0.717) is 10.7 Å². The fourth-order valence-corrected chi connectivity index (χ4v) is 2.66. The maximum atomic E-state index is 9.11. The second-order valence-corrected chi connectivity index (χ2v) is 5.29. The summed E-state index contributed by atoms with van der Waals surface area (Å²) < 4.78 is 0. The maximum Gasteiger partial charge on any atom is 0.190 e. The molecule has 0 atom stereocenters. The lowest BCUT2D eigenvalue weighted by molar-refractivity contribution is 0.826. The van der Waals surface area contributed by atoms with Crippen LogP contribution >= 0.6 is 11.8 Å². The number of nitrogens with zero attached hydrogens (tertiary/aromatic N) is 3. The zero-order valence-electron chi connectivity index (χ0n) is 11.3. The van der Waals surface area contributed by atoms with Crippen LogP contribution < -0.4 is 5.73 Å². The van der Waals surface area contributed by atoms with E-state index in [1.165, 1.54) is 17.3 Å². The number of hydrogen-bond donors (Lipinski definition) is 1. The van der Waals surface area contributed by atoms with Crippen LogP contribution in [0.3, 0.4) is 0 Å². The second kappa shape index (κ2) is 6.92. The highest BCUT2D eigenvalue weighted by Crippen LogP contribution is 2.23. The number of rotatable bonds is 5. The standard InChI is InChI=1S/C15H16N4S/c1-2-6-13-12(9-16)14(17)19-15(18-13)20-10-11-7-4-3-5-8-11/h3-5,7-8H,2,6,10H2,1H3,(H2,17,18,19). The van der Waals surface area contributed by atoms with E-state index >= 15 is 0 Å². The summed E-state index contributed by atoms with van der Waals surface area (Å²) >= 11 is 1.54. The van der Waals surface area contributed by atoms with Crippen LogP contribution in [0.25, 0.3) is 0 Å². The number of aryl methyl sites for hydroxylation is 1. The molecule has 0 saturated heterocycles. The highest BCUT2D eigenvalue weighted by molar-refractivity contribution is 7.98. The topological polar surface area (TPSA) is 75.6 Å². The van der Waals surface area contributed by atoms with Gasteiger partial charge < -0.3 is 5.73 Å². The molecule has 2 aromatic rings. The molecule has 0 fully saturated rings. The number of nitrogen functional groups attached to an aromatic ring is 1. The molecule has 0 spiro atoms. The minimum atomic E-state index is 0.279. The summed E-state index contributed by atoms with van der Waals surface area (Å²) in [5.74, 6) is 1.07. The van der Waals surface area contributed by atoms with Crippen molar-refractivity contribution < 1.29 is 0 Å². The highest BCUT2D eigenvalue weighted by atomic mass is 32.2. The molecule has 1 heterocycles. The van der Waals surface area contributed by atoms with Gasteiger partial charge in [0.15, 0.2) is 5.16 Å². The molecule has 20 heavy (non-hydrogen) atoms. The maximum absolute atomic E-state index is 9.11. The van der Waals surface area contributed by atoms with Crippen molar-refractivity contribution >= 4 is 17.6 Å². The lowest BCUT2D eigenvalue weighted by Crippen LogP contribution is -2.05. The van der Waals surface area contributed by atoms with Crippen LogP contribution in [0.5, 0.6) is 0 Å². The van der Waals surface area contributed by atoms with Crippen molar-refractivity contribution in [2.75, 3.05) is 5.73 Å². The average Bonchev–Trinajstić information content (AvgIpc) is 2.46. The number of thioether (sulfide) groups is 1. The van der Waals surface area contributed by atoms with Gasteiger partial charge in [-0.2, -0.15) is 5.26 Å². The Morgan fingerprint density at radius 1 is 1.25 bits per heavy atom. The molecule has 0 amide bonds. The third-order valence-electron chi connectivity index (χ3n) is 2.80. The minimum Gasteiger partial charge on any atom is -0.382 e. The Balaban J connectivity index is 2.18. The summed E-state index contributed by atoms with van der Waals surface area (Å²) in [6.07, 6.45) is 1.67. The molecule has 0 bridgehead atoms. The van der Waals surface area contributed by atoms with Crippen LogP contribution in [0.15, 0.2) is 35.5 Å². The largest absolute Gasteiger partial charge is 0.382 e. The van der Waals surface area contributed by atoms with Gasteiger partial charge in [-0.15, -0.1) is 0 Å². The molecule has 0 radical (unpaired) electrons. The van der Waals surface area contributed by atoms with Crippen molar-refractivity contribution in [1.82, 2.24) is 9.97 Å². The van der Waals surface area contributed by atoms with Crippen molar-refractivity contribution in [1.29, 1.82) is 5.26 Å². The fourth-order valence-electron chi connectivity index (χ4n) is 1.83. The van der Waals surface area contributed by atoms with E-state index in [1.807, 2.05) is 18.2 Å². The van der Waals surface area contributed by atoms with Crippen LogP contribution in [0.2, 0.25) is 0 Å². The van der Waals surface area contributed by atoms with Gasteiger partial charge in [0.05, 0.1) is 5.69 Å². The number of anilines is 1. The van der Waals surface area contributed by atoms with Gasteiger partial charge in [0.25, 0.3) is 0 Å². The van der Waals surface area contributed by atoms with Gasteiger partial charge in [-0.05, 0) is 12.0 Å². The van der Waals surface area contributed by atoms with Gasteiger partial charge in [-0.25, -0.2) is 9.97 Å². The molecule has 5 heteroatoms. The third-order valence-corrected chi connectivity index (χ3v) is 3.72. The zero-order valence-corrected chi connectivity index (χ0v) is 12.2. The first-order valence-corrected chi connectivity index (χ1v) is 7.46. The fraction of sp³-hybridized carbons (Fsp3) is 0.267. The molecular weight excluding hydrogens is 268 g/mol. The zero-order chi connectivity index (χ0) is 14.4. The predicted molar refractivity (Wildman–Crippen MR) is 81.2 cm³/mol. The van der Waals surface area contributed by atoms with Gasteiger partial charge in [0, 0.05) is 5.75 Å². The number of nitrogens with two attached hydrogens (primary N) is 1. The molecule has 1 aromatic heterocycles. The van der Waals surface area contributed by atoms with E-state index in [0.717, 1.165) is 24.3 Å². The van der Waals surface area contributed by atoms with Crippen LogP contribution in [-0.2, 0) is 12.2 Å². The lowest BCUT2D eigenvalue weighted by atomic mass is 10.1. The lowest BCUT2D eigenvalue weighted by Gasteiger charge is -2.07. The van der Waals surface area contributed by atoms with Crippen LogP contribution in [-0.4, -0.2) is 9.97 Å². The van der Waals surface area contributed by atoms with Crippen molar-refractivity contribution in [3.63, 3.8) is 0 Å². The molecule has 0 unspecified atom stereocenters. The van der Waals surface area contributed by atoms with E-state index < -0.39 is 0 Å². The minimum absolute atomic E-state index is 0.279. The Kier molecular flexibility index (Phi) is 4.97. The highest BCUT2D eigenvalue weighted by Gasteiger charge is 2.11. The first-order valence-electron chi connectivity index (χ1n) is 6.47. The Morgan fingerprint density at radius 2 is 2.00 bits per heavy atom. The van der Waals surface area contributed by atoms with E-state index in [1.54, 1.807) is 0 Å². The molecule has 102 valence electrons. The summed E-state index contributed by atoms with van der Waals surface area (Å²) in [4.78, 5) is 8.67. The number of aromatic nitrogens is 2. The van der Waals surface area contributed by atoms with Crippen molar-refractivity contribution in [3.8, 4) is 6.07 Å². The molecule has 1 aromatic carbocycles. The summed E-state index contributed by atoms with van der Waals surface area (Å²) in [5.41, 5.74) is 8.22. The summed E-state index contributed by atoms with van der Waals surface area (Å²) in [6.45, 7) is 2.05. The SMILES string of the molecule is CCCc1nc(SCc2ccccc2)nc(N)c1C#N. The summed E-state index contributed by atoms with van der Waals surface area (Å²) in [5, 5.41) is 9.74. The normalized spacial score (nSPS) is 10.2. The van der Waals surface area contributed by atoms with Gasteiger partial charge >= 0.3 is 0 Å². The first-order chi connectivity index (χ1) is 9.74. The van der Waals surface area contributed by atoms with Crippen LogP contribution in [0.4, 0.5) is 5.82 Å². The number of benzene rings is 1. The predicted octanol–water partition coefficient (Wildman–Crippen LogP) is 3.18. The molecule has 0 aliphatic heterocycles. The quantitative estimate of drug-likeness (QED) is 0.674. The molecule has 0 aliphatic rings. The van der Waals surface area contributed by atoms with Gasteiger partial charge in [0.2, 0.25) is 0 Å². The summed E-state index contributed by atoms with van der Waals surface area (Å²) in [6, 6.07) is 12.2. The van der Waals surface area contributed by atoms with Crippen molar-refractivity contribution in [2.45, 2.75) is 30.7 Å². The van der Waals surface area contributed by atoms with Gasteiger partial charge in [0.1, 0.15) is 17.5 Å². The monoisotopic (exact) mass is 284 g/mol. The molecule has 2 rings (SSSR count). The second-order valence-electron chi connectivity index (χ2n) is 4.35. The molecule has 4 nitrogen and oxygen atoms in total. The van der Waals surface area contributed by atoms with E-state index in [4.69, 9.17) is 11.0 Å². The third kappa shape index (κ3) is 3.49. The number of nitriles is 1. The molecule has 2 N–H and O–H groups in total. The first kappa shape index (κ1) is 14.4. The number of hydrogen-bond acceptors (Lipinski definition) is 5. The molecule has 0 saturated carbocycles. The Labute approximate surface area is 123 Å². The van der Waals surface area contributed by atoms with Gasteiger partial charge in [-0.1, -0.05) is 55.4 Å². The Bertz CT molecular complexity index is 620. The van der Waals surface area contributed by atoms with Crippen LogP contribution in [0.1, 0.15) is 30.2 Å². The Hall–Kier alpha value is -2.06. The van der Waals surface area contributed by atoms with Crippen molar-refractivity contribution in [2.24, 2.45) is 0 Å². The van der Waals surface area contributed by atoms with Gasteiger partial charge in [-0.3, -0.25) is 0 Å². The average molecular weight is 284 g/mol. The molecular formula is C15H16N4S. The Morgan fingerprint density at radius 3 is 2.65 bits per heavy atom.